The van der Waals surface area contributed by atoms with Gasteiger partial charge in [-0.15, -0.1) is 0 Å². The molecule has 142 valence electrons. The fourth-order valence-corrected chi connectivity index (χ4v) is 6.25. The third kappa shape index (κ3) is 1.76. The molecule has 27 heavy (non-hydrogen) atoms. The summed E-state index contributed by atoms with van der Waals surface area (Å²) in [6.07, 6.45) is 2.53. The first kappa shape index (κ1) is 17.1. The maximum atomic E-state index is 6.41. The molecule has 3 heteroatoms. The van der Waals surface area contributed by atoms with Crippen molar-refractivity contribution in [1.29, 1.82) is 0 Å². The number of aromatic nitrogens is 1. The Labute approximate surface area is 161 Å². The van der Waals surface area contributed by atoms with Crippen LogP contribution in [-0.2, 0) is 0 Å². The predicted molar refractivity (Wildman–Crippen MR) is 112 cm³/mol. The van der Waals surface area contributed by atoms with Gasteiger partial charge < -0.3 is 9.32 Å². The molecular formula is C24H30N2O. The monoisotopic (exact) mass is 362 g/mol. The van der Waals surface area contributed by atoms with Gasteiger partial charge in [0.1, 0.15) is 0 Å². The molecule has 3 aromatic rings. The van der Waals surface area contributed by atoms with Gasteiger partial charge in [0.15, 0.2) is 5.58 Å². The lowest BCUT2D eigenvalue weighted by molar-refractivity contribution is 0.132. The van der Waals surface area contributed by atoms with Gasteiger partial charge in [-0.1, -0.05) is 32.9 Å². The molecule has 0 radical (unpaired) electrons. The normalized spacial score (nSPS) is 32.1. The minimum atomic E-state index is 0.128. The van der Waals surface area contributed by atoms with Crippen LogP contribution in [-0.4, -0.2) is 16.6 Å². The van der Waals surface area contributed by atoms with Crippen LogP contribution < -0.4 is 4.90 Å². The van der Waals surface area contributed by atoms with E-state index < -0.39 is 0 Å². The minimum Gasteiger partial charge on any atom is -0.436 e. The van der Waals surface area contributed by atoms with E-state index in [4.69, 9.17) is 4.42 Å². The summed E-state index contributed by atoms with van der Waals surface area (Å²) in [7, 11) is 0. The number of hydrogen-bond acceptors (Lipinski definition) is 3. The minimum absolute atomic E-state index is 0.128. The molecule has 0 spiro atoms. The highest BCUT2D eigenvalue weighted by Crippen LogP contribution is 2.69. The number of anilines is 1. The van der Waals surface area contributed by atoms with Crippen LogP contribution in [0.25, 0.3) is 22.1 Å². The number of furan rings is 1. The van der Waals surface area contributed by atoms with Crippen molar-refractivity contribution in [3.63, 3.8) is 0 Å². The smallest absolute Gasteiger partial charge is 0.227 e. The van der Waals surface area contributed by atoms with E-state index in [0.29, 0.717) is 11.5 Å². The molecule has 3 atom stereocenters. The van der Waals surface area contributed by atoms with E-state index in [1.807, 2.05) is 6.92 Å². The van der Waals surface area contributed by atoms with E-state index in [0.717, 1.165) is 22.4 Å². The van der Waals surface area contributed by atoms with E-state index in [1.54, 1.807) is 0 Å². The zero-order valence-electron chi connectivity index (χ0n) is 17.6. The number of fused-ring (bicyclic) bond motifs is 5. The highest BCUT2D eigenvalue weighted by Gasteiger charge is 2.70. The van der Waals surface area contributed by atoms with E-state index in [1.165, 1.54) is 29.5 Å². The Morgan fingerprint density at radius 3 is 2.37 bits per heavy atom. The van der Waals surface area contributed by atoms with Crippen molar-refractivity contribution in [2.24, 2.45) is 10.8 Å². The first-order valence-corrected chi connectivity index (χ1v) is 10.2. The second kappa shape index (κ2) is 4.87. The summed E-state index contributed by atoms with van der Waals surface area (Å²) in [5.74, 6) is 0. The second-order valence-electron chi connectivity index (χ2n) is 9.88. The number of nitrogens with zero attached hydrogens (tertiary/aromatic N) is 2. The van der Waals surface area contributed by atoms with Gasteiger partial charge >= 0.3 is 0 Å². The molecule has 5 rings (SSSR count). The Morgan fingerprint density at radius 1 is 1.00 bits per heavy atom. The Hall–Kier alpha value is -2.03. The second-order valence-corrected chi connectivity index (χ2v) is 9.88. The van der Waals surface area contributed by atoms with Crippen molar-refractivity contribution in [3.05, 3.63) is 35.5 Å². The third-order valence-corrected chi connectivity index (χ3v) is 8.81. The average molecular weight is 363 g/mol. The summed E-state index contributed by atoms with van der Waals surface area (Å²) in [5, 5.41) is 2.30. The predicted octanol–water partition coefficient (Wildman–Crippen LogP) is 6.39. The number of pyridine rings is 1. The van der Waals surface area contributed by atoms with Crippen LogP contribution in [0.15, 0.2) is 28.7 Å². The largest absolute Gasteiger partial charge is 0.436 e. The van der Waals surface area contributed by atoms with E-state index in [-0.39, 0.29) is 11.0 Å². The van der Waals surface area contributed by atoms with Gasteiger partial charge in [-0.05, 0) is 69.1 Å². The summed E-state index contributed by atoms with van der Waals surface area (Å²) in [6, 6.07) is 9.14. The molecule has 1 saturated carbocycles. The van der Waals surface area contributed by atoms with Gasteiger partial charge in [-0.3, -0.25) is 0 Å². The van der Waals surface area contributed by atoms with Crippen LogP contribution in [0.1, 0.15) is 58.7 Å². The van der Waals surface area contributed by atoms with E-state index in [2.05, 4.69) is 75.7 Å². The Bertz CT molecular complexity index is 1090. The molecule has 0 amide bonds. The number of hydrogen-bond donors (Lipinski definition) is 0. The van der Waals surface area contributed by atoms with Crippen LogP contribution >= 0.6 is 0 Å². The van der Waals surface area contributed by atoms with Crippen molar-refractivity contribution >= 4 is 27.8 Å². The highest BCUT2D eigenvalue weighted by atomic mass is 16.3. The van der Waals surface area contributed by atoms with Gasteiger partial charge in [0.2, 0.25) is 5.71 Å². The van der Waals surface area contributed by atoms with Crippen molar-refractivity contribution in [1.82, 2.24) is 4.98 Å². The fourth-order valence-electron chi connectivity index (χ4n) is 6.25. The standard InChI is InChI=1S/C24H30N2O/c1-14-8-10-17-18-11-9-15(2)25-21(18)27-20(17)19(14)26-16(3)23(6)12-13-24(26,7)22(23,4)5/h8-11,16H,12-13H2,1-7H3/t16-,23?,24?/m0/s1. The molecule has 2 aliphatic rings. The van der Waals surface area contributed by atoms with Crippen LogP contribution in [0, 0.1) is 24.7 Å². The topological polar surface area (TPSA) is 29.3 Å². The number of aryl methyl sites for hydroxylation is 2. The zero-order chi connectivity index (χ0) is 19.4. The third-order valence-electron chi connectivity index (χ3n) is 8.81. The van der Waals surface area contributed by atoms with Crippen molar-refractivity contribution in [2.75, 3.05) is 4.90 Å². The van der Waals surface area contributed by atoms with Crippen molar-refractivity contribution in [3.8, 4) is 0 Å². The number of rotatable bonds is 1. The highest BCUT2D eigenvalue weighted by molar-refractivity contribution is 6.08. The Morgan fingerprint density at radius 2 is 1.70 bits per heavy atom. The summed E-state index contributed by atoms with van der Waals surface area (Å²) in [6.45, 7) is 16.5. The van der Waals surface area contributed by atoms with Gasteiger partial charge in [-0.2, -0.15) is 0 Å². The molecule has 1 aliphatic heterocycles. The molecule has 0 N–H and O–H groups in total. The molecular weight excluding hydrogens is 332 g/mol. The summed E-state index contributed by atoms with van der Waals surface area (Å²) >= 11 is 0. The maximum Gasteiger partial charge on any atom is 0.227 e. The Balaban J connectivity index is 1.83. The van der Waals surface area contributed by atoms with Crippen LogP contribution in [0.4, 0.5) is 5.69 Å². The molecule has 2 aromatic heterocycles. The lowest BCUT2D eigenvalue weighted by Gasteiger charge is -2.45. The molecule has 3 heterocycles. The summed E-state index contributed by atoms with van der Waals surface area (Å²) in [5.41, 5.74) is 5.99. The van der Waals surface area contributed by atoms with Gasteiger partial charge in [0, 0.05) is 28.0 Å². The molecule has 3 nitrogen and oxygen atoms in total. The van der Waals surface area contributed by atoms with Crippen LogP contribution in [0.5, 0.6) is 0 Å². The van der Waals surface area contributed by atoms with E-state index in [9.17, 15) is 0 Å². The molecule has 2 unspecified atom stereocenters. The molecule has 1 saturated heterocycles. The van der Waals surface area contributed by atoms with Crippen molar-refractivity contribution < 1.29 is 4.42 Å². The van der Waals surface area contributed by atoms with Crippen LogP contribution in [0.2, 0.25) is 0 Å². The van der Waals surface area contributed by atoms with Crippen molar-refractivity contribution in [2.45, 2.75) is 72.9 Å². The maximum absolute atomic E-state index is 6.41. The van der Waals surface area contributed by atoms with Gasteiger partial charge in [-0.25, -0.2) is 4.98 Å². The number of piperidine rings is 1. The van der Waals surface area contributed by atoms with Crippen LogP contribution in [0.3, 0.4) is 0 Å². The Kier molecular flexibility index (Phi) is 3.08. The molecule has 2 fully saturated rings. The first-order valence-electron chi connectivity index (χ1n) is 10.2. The summed E-state index contributed by atoms with van der Waals surface area (Å²) < 4.78 is 6.41. The quantitative estimate of drug-likeness (QED) is 0.502. The van der Waals surface area contributed by atoms with Gasteiger partial charge in [0.05, 0.1) is 5.69 Å². The lowest BCUT2D eigenvalue weighted by atomic mass is 9.65. The fraction of sp³-hybridized carbons (Fsp3) is 0.542. The lowest BCUT2D eigenvalue weighted by Crippen LogP contribution is -2.50. The SMILES string of the molecule is Cc1ccc2c(n1)oc1c(N3[C@@H](C)C4(C)CCC3(C)C4(C)C)c(C)ccc12. The molecule has 1 aromatic carbocycles. The first-order chi connectivity index (χ1) is 12.6. The summed E-state index contributed by atoms with van der Waals surface area (Å²) in [4.78, 5) is 7.35. The zero-order valence-corrected chi connectivity index (χ0v) is 17.6. The average Bonchev–Trinajstić information content (AvgIpc) is 3.08. The van der Waals surface area contributed by atoms with E-state index >= 15 is 0 Å². The number of benzene rings is 1. The molecule has 1 aliphatic carbocycles. The van der Waals surface area contributed by atoms with Gasteiger partial charge in [0.25, 0.3) is 0 Å². The molecule has 2 bridgehead atoms.